The fourth-order valence-electron chi connectivity index (χ4n) is 3.02. The van der Waals surface area contributed by atoms with E-state index in [4.69, 9.17) is 4.98 Å². The van der Waals surface area contributed by atoms with Crippen LogP contribution in [0.3, 0.4) is 0 Å². The summed E-state index contributed by atoms with van der Waals surface area (Å²) in [6.45, 7) is 3.85. The number of aromatic amines is 1. The second-order valence-electron chi connectivity index (χ2n) is 6.88. The summed E-state index contributed by atoms with van der Waals surface area (Å²) in [4.78, 5) is 4.74. The molecule has 0 spiro atoms. The molecule has 4 rings (SSSR count). The molecule has 0 unspecified atom stereocenters. The Kier molecular flexibility index (Phi) is 3.47. The molecule has 3 aromatic heterocycles. The molecular weight excluding hydrogens is 316 g/mol. The van der Waals surface area contributed by atoms with Crippen molar-refractivity contribution < 1.29 is 5.11 Å². The van der Waals surface area contributed by atoms with Crippen molar-refractivity contribution in [1.29, 1.82) is 0 Å². The van der Waals surface area contributed by atoms with Crippen molar-refractivity contribution in [3.63, 3.8) is 0 Å². The number of nitrogens with zero attached hydrogens (tertiary/aromatic N) is 5. The van der Waals surface area contributed by atoms with Crippen molar-refractivity contribution in [2.75, 3.05) is 0 Å². The molecule has 2 N–H and O–H groups in total. The van der Waals surface area contributed by atoms with E-state index in [1.807, 2.05) is 25.4 Å². The minimum atomic E-state index is -0.901. The largest absolute Gasteiger partial charge is 0.389 e. The van der Waals surface area contributed by atoms with Gasteiger partial charge in [0.25, 0.3) is 0 Å². The lowest BCUT2D eigenvalue weighted by Gasteiger charge is -2.17. The Labute approximate surface area is 144 Å². The highest BCUT2D eigenvalue weighted by molar-refractivity contribution is 5.93. The monoisotopic (exact) mass is 336 g/mol. The van der Waals surface area contributed by atoms with Crippen molar-refractivity contribution in [3.8, 4) is 22.8 Å². The van der Waals surface area contributed by atoms with Crippen LogP contribution in [-0.2, 0) is 13.6 Å². The van der Waals surface area contributed by atoms with Gasteiger partial charge in [-0.1, -0.05) is 12.1 Å². The maximum atomic E-state index is 10.2. The molecule has 7 nitrogen and oxygen atoms in total. The molecule has 7 heteroatoms. The summed E-state index contributed by atoms with van der Waals surface area (Å²) >= 11 is 0. The quantitative estimate of drug-likeness (QED) is 0.600. The van der Waals surface area contributed by atoms with Crippen LogP contribution in [0.4, 0.5) is 0 Å². The highest BCUT2D eigenvalue weighted by Gasteiger charge is 2.21. The van der Waals surface area contributed by atoms with Crippen LogP contribution in [0.2, 0.25) is 0 Å². The van der Waals surface area contributed by atoms with E-state index in [-0.39, 0.29) is 0 Å². The molecule has 25 heavy (non-hydrogen) atoms. The van der Waals surface area contributed by atoms with Crippen molar-refractivity contribution in [1.82, 2.24) is 29.5 Å². The average molecular weight is 336 g/mol. The molecule has 0 bridgehead atoms. The number of rotatable bonds is 4. The number of H-pyrrole nitrogens is 1. The van der Waals surface area contributed by atoms with Crippen molar-refractivity contribution in [2.45, 2.75) is 26.0 Å². The number of aliphatic hydroxyl groups is 1. The molecule has 1 aromatic carbocycles. The van der Waals surface area contributed by atoms with Gasteiger partial charge in [0.15, 0.2) is 11.6 Å². The molecule has 0 saturated carbocycles. The predicted molar refractivity (Wildman–Crippen MR) is 95.8 cm³/mol. The summed E-state index contributed by atoms with van der Waals surface area (Å²) in [5.74, 6) is 1.32. The second-order valence-corrected chi connectivity index (χ2v) is 6.88. The Morgan fingerprint density at radius 2 is 2.08 bits per heavy atom. The Hall–Kier alpha value is -2.93. The van der Waals surface area contributed by atoms with E-state index in [0.717, 1.165) is 22.0 Å². The minimum absolute atomic E-state index is 0.339. The molecule has 0 fully saturated rings. The Balaban J connectivity index is 1.89. The third kappa shape index (κ3) is 2.83. The van der Waals surface area contributed by atoms with Gasteiger partial charge in [-0.2, -0.15) is 10.2 Å². The number of nitrogens with one attached hydrogen (secondary N) is 1. The third-order valence-corrected chi connectivity index (χ3v) is 4.13. The molecule has 128 valence electrons. The summed E-state index contributed by atoms with van der Waals surface area (Å²) in [5, 5.41) is 22.8. The number of hydrogen-bond donors (Lipinski definition) is 2. The third-order valence-electron chi connectivity index (χ3n) is 4.13. The van der Waals surface area contributed by atoms with E-state index in [1.54, 1.807) is 30.9 Å². The lowest BCUT2D eigenvalue weighted by molar-refractivity contribution is 0.0582. The van der Waals surface area contributed by atoms with Crippen molar-refractivity contribution >= 4 is 10.9 Å². The first kappa shape index (κ1) is 15.6. The maximum absolute atomic E-state index is 10.2. The van der Waals surface area contributed by atoms with Crippen LogP contribution in [0.5, 0.6) is 0 Å². The van der Waals surface area contributed by atoms with Crippen LogP contribution in [0.1, 0.15) is 13.8 Å². The second kappa shape index (κ2) is 5.56. The van der Waals surface area contributed by atoms with Gasteiger partial charge in [0.05, 0.1) is 23.9 Å². The van der Waals surface area contributed by atoms with Gasteiger partial charge in [0.2, 0.25) is 0 Å². The molecule has 0 aliphatic rings. The highest BCUT2D eigenvalue weighted by Crippen LogP contribution is 2.29. The molecule has 0 amide bonds. The van der Waals surface area contributed by atoms with Gasteiger partial charge in [-0.25, -0.2) is 9.67 Å². The van der Waals surface area contributed by atoms with Crippen LogP contribution >= 0.6 is 0 Å². The summed E-state index contributed by atoms with van der Waals surface area (Å²) in [6, 6.07) is 8.17. The molecule has 0 aliphatic heterocycles. The first-order chi connectivity index (χ1) is 11.9. The van der Waals surface area contributed by atoms with Crippen LogP contribution in [0, 0.1) is 0 Å². The smallest absolute Gasteiger partial charge is 0.182 e. The van der Waals surface area contributed by atoms with E-state index in [9.17, 15) is 5.11 Å². The Bertz CT molecular complexity index is 1020. The summed E-state index contributed by atoms with van der Waals surface area (Å²) in [7, 11) is 2.02. The van der Waals surface area contributed by atoms with Crippen LogP contribution in [-0.4, -0.2) is 40.2 Å². The van der Waals surface area contributed by atoms with Crippen molar-refractivity contribution in [2.24, 2.45) is 7.05 Å². The molecular formula is C18H20N6O. The van der Waals surface area contributed by atoms with E-state index >= 15 is 0 Å². The number of fused-ring (bicyclic) bond motifs is 1. The maximum Gasteiger partial charge on any atom is 0.182 e. The molecule has 0 saturated heterocycles. The first-order valence-electron chi connectivity index (χ1n) is 8.13. The highest BCUT2D eigenvalue weighted by atomic mass is 16.3. The van der Waals surface area contributed by atoms with Crippen molar-refractivity contribution in [3.05, 3.63) is 42.9 Å². The topological polar surface area (TPSA) is 84.5 Å². The van der Waals surface area contributed by atoms with E-state index in [0.29, 0.717) is 18.2 Å². The predicted octanol–water partition coefficient (Wildman–Crippen LogP) is 2.60. The average Bonchev–Trinajstić information content (AvgIpc) is 3.26. The van der Waals surface area contributed by atoms with Gasteiger partial charge < -0.3 is 9.67 Å². The minimum Gasteiger partial charge on any atom is -0.389 e. The molecule has 4 aromatic rings. The van der Waals surface area contributed by atoms with Gasteiger partial charge in [0.1, 0.15) is 0 Å². The summed E-state index contributed by atoms with van der Waals surface area (Å²) in [6.07, 6.45) is 5.51. The molecule has 0 radical (unpaired) electrons. The molecule has 0 atom stereocenters. The van der Waals surface area contributed by atoms with Crippen LogP contribution in [0.15, 0.2) is 42.9 Å². The SMILES string of the molecule is Cn1ccc2c(-c3nc(-c4cn[nH]c4)n(CC(C)(C)O)n3)cccc21. The number of hydrogen-bond acceptors (Lipinski definition) is 4. The summed E-state index contributed by atoms with van der Waals surface area (Å²) < 4.78 is 3.81. The van der Waals surface area contributed by atoms with E-state index < -0.39 is 5.60 Å². The summed E-state index contributed by atoms with van der Waals surface area (Å²) in [5.41, 5.74) is 2.03. The van der Waals surface area contributed by atoms with Gasteiger partial charge in [-0.05, 0) is 26.0 Å². The Morgan fingerprint density at radius 1 is 1.24 bits per heavy atom. The molecule has 3 heterocycles. The zero-order valence-corrected chi connectivity index (χ0v) is 14.4. The van der Waals surface area contributed by atoms with E-state index in [1.165, 1.54) is 0 Å². The lowest BCUT2D eigenvalue weighted by atomic mass is 10.1. The number of aromatic nitrogens is 6. The standard InChI is InChI=1S/C18H20N6O/c1-18(2,25)11-24-17(12-9-19-20-10-12)21-16(22-24)14-5-4-6-15-13(14)7-8-23(15)3/h4-10,25H,11H2,1-3H3,(H,19,20). The lowest BCUT2D eigenvalue weighted by Crippen LogP contribution is -2.27. The van der Waals surface area contributed by atoms with Gasteiger partial charge in [0, 0.05) is 35.9 Å². The Morgan fingerprint density at radius 3 is 2.80 bits per heavy atom. The van der Waals surface area contributed by atoms with Gasteiger partial charge >= 0.3 is 0 Å². The number of aryl methyl sites for hydroxylation is 1. The van der Waals surface area contributed by atoms with Gasteiger partial charge in [-0.3, -0.25) is 5.10 Å². The van der Waals surface area contributed by atoms with Gasteiger partial charge in [-0.15, -0.1) is 0 Å². The number of benzene rings is 1. The molecule has 0 aliphatic carbocycles. The fourth-order valence-corrected chi connectivity index (χ4v) is 3.02. The fraction of sp³-hybridized carbons (Fsp3) is 0.278. The van der Waals surface area contributed by atoms with Crippen LogP contribution in [0.25, 0.3) is 33.7 Å². The zero-order valence-electron chi connectivity index (χ0n) is 14.4. The first-order valence-corrected chi connectivity index (χ1v) is 8.13. The normalized spacial score (nSPS) is 12.2. The zero-order chi connectivity index (χ0) is 17.6. The van der Waals surface area contributed by atoms with Crippen LogP contribution < -0.4 is 0 Å². The van der Waals surface area contributed by atoms with E-state index in [2.05, 4.69) is 32.0 Å².